The molecule has 16 heavy (non-hydrogen) atoms. The van der Waals surface area contributed by atoms with Crippen LogP contribution in [0.3, 0.4) is 0 Å². The van der Waals surface area contributed by atoms with E-state index >= 15 is 0 Å². The molecule has 2 aliphatic heterocycles. The Morgan fingerprint density at radius 3 is 3.31 bits per heavy atom. The number of aliphatic hydroxyl groups is 1. The third-order valence-electron chi connectivity index (χ3n) is 3.65. The molecule has 1 N–H and O–H groups in total. The fourth-order valence-electron chi connectivity index (χ4n) is 2.69. The van der Waals surface area contributed by atoms with Gasteiger partial charge >= 0.3 is 0 Å². The highest BCUT2D eigenvalue weighted by atomic mass is 32.1. The van der Waals surface area contributed by atoms with Crippen molar-refractivity contribution in [2.75, 3.05) is 19.7 Å². The summed E-state index contributed by atoms with van der Waals surface area (Å²) in [4.78, 5) is 2.46. The Balaban J connectivity index is 1.67. The maximum atomic E-state index is 10.2. The fourth-order valence-corrected chi connectivity index (χ4v) is 3.38. The summed E-state index contributed by atoms with van der Waals surface area (Å²) in [7, 11) is 0. The van der Waals surface area contributed by atoms with E-state index in [4.69, 9.17) is 4.74 Å². The molecule has 3 unspecified atom stereocenters. The van der Waals surface area contributed by atoms with Crippen molar-refractivity contribution < 1.29 is 9.84 Å². The van der Waals surface area contributed by atoms with Crippen molar-refractivity contribution in [2.45, 2.75) is 31.1 Å². The van der Waals surface area contributed by atoms with Crippen molar-refractivity contribution in [1.82, 2.24) is 4.90 Å². The highest BCUT2D eigenvalue weighted by molar-refractivity contribution is 7.07. The average Bonchev–Trinajstić information content (AvgIpc) is 2.98. The maximum absolute atomic E-state index is 10.2. The number of ether oxygens (including phenoxy) is 1. The Morgan fingerprint density at radius 1 is 1.56 bits per heavy atom. The van der Waals surface area contributed by atoms with Crippen LogP contribution in [0.4, 0.5) is 0 Å². The summed E-state index contributed by atoms with van der Waals surface area (Å²) in [6, 6.07) is 2.58. The molecule has 0 radical (unpaired) electrons. The fraction of sp³-hybridized carbons (Fsp3) is 0.667. The quantitative estimate of drug-likeness (QED) is 0.851. The molecule has 88 valence electrons. The van der Waals surface area contributed by atoms with E-state index in [1.807, 2.05) is 16.8 Å². The van der Waals surface area contributed by atoms with E-state index < -0.39 is 6.10 Å². The van der Waals surface area contributed by atoms with E-state index in [0.29, 0.717) is 6.04 Å². The molecule has 3 nitrogen and oxygen atoms in total. The number of nitrogens with zero attached hydrogens (tertiary/aromatic N) is 1. The Hall–Kier alpha value is -0.420. The van der Waals surface area contributed by atoms with Crippen LogP contribution in [0.25, 0.3) is 0 Å². The van der Waals surface area contributed by atoms with Gasteiger partial charge in [0.25, 0.3) is 0 Å². The summed E-state index contributed by atoms with van der Waals surface area (Å²) >= 11 is 1.62. The molecule has 1 aromatic rings. The number of fused-ring (bicyclic) bond motifs is 1. The van der Waals surface area contributed by atoms with Crippen molar-refractivity contribution in [3.05, 3.63) is 22.4 Å². The Morgan fingerprint density at radius 2 is 2.50 bits per heavy atom. The van der Waals surface area contributed by atoms with Crippen LogP contribution in [-0.2, 0) is 4.74 Å². The number of aliphatic hydroxyl groups excluding tert-OH is 1. The first-order valence-electron chi connectivity index (χ1n) is 5.90. The van der Waals surface area contributed by atoms with Crippen molar-refractivity contribution >= 4 is 11.3 Å². The molecule has 1 aromatic heterocycles. The number of rotatable bonds is 2. The van der Waals surface area contributed by atoms with Crippen LogP contribution in [-0.4, -0.2) is 41.8 Å². The van der Waals surface area contributed by atoms with Gasteiger partial charge in [-0.25, -0.2) is 0 Å². The van der Waals surface area contributed by atoms with Crippen LogP contribution < -0.4 is 0 Å². The van der Waals surface area contributed by atoms with Gasteiger partial charge < -0.3 is 9.84 Å². The van der Waals surface area contributed by atoms with Gasteiger partial charge in [0.15, 0.2) is 0 Å². The van der Waals surface area contributed by atoms with Gasteiger partial charge in [-0.2, -0.15) is 11.3 Å². The zero-order valence-electron chi connectivity index (χ0n) is 9.21. The lowest BCUT2D eigenvalue weighted by atomic mass is 10.1. The molecule has 0 amide bonds. The van der Waals surface area contributed by atoms with Crippen LogP contribution in [0.15, 0.2) is 16.8 Å². The number of hydrogen-bond donors (Lipinski definition) is 1. The second kappa shape index (κ2) is 4.45. The van der Waals surface area contributed by atoms with Gasteiger partial charge in [0.05, 0.1) is 6.61 Å². The number of thiophene rings is 1. The topological polar surface area (TPSA) is 32.7 Å². The summed E-state index contributed by atoms with van der Waals surface area (Å²) in [5.41, 5.74) is 0.993. The van der Waals surface area contributed by atoms with E-state index in [1.165, 1.54) is 19.4 Å². The lowest BCUT2D eigenvalue weighted by Crippen LogP contribution is -2.48. The Labute approximate surface area is 99.6 Å². The largest absolute Gasteiger partial charge is 0.386 e. The van der Waals surface area contributed by atoms with E-state index in [0.717, 1.165) is 18.7 Å². The summed E-state index contributed by atoms with van der Waals surface area (Å²) < 4.78 is 5.79. The lowest BCUT2D eigenvalue weighted by molar-refractivity contribution is -0.103. The summed E-state index contributed by atoms with van der Waals surface area (Å²) in [5, 5.41) is 14.2. The standard InChI is InChI=1S/C12H17NO2S/c14-12(9-3-5-16-8-9)11-6-13-4-1-2-10(13)7-15-11/h3,5,8,10-12,14H,1-2,4,6-7H2. The van der Waals surface area contributed by atoms with Gasteiger partial charge in [-0.1, -0.05) is 0 Å². The molecule has 3 heterocycles. The minimum absolute atomic E-state index is 0.0519. The summed E-state index contributed by atoms with van der Waals surface area (Å²) in [6.45, 7) is 2.83. The van der Waals surface area contributed by atoms with Gasteiger partial charge in [0.1, 0.15) is 12.2 Å². The highest BCUT2D eigenvalue weighted by Gasteiger charge is 2.35. The molecule has 2 aliphatic rings. The Bertz CT molecular complexity index is 341. The number of hydrogen-bond acceptors (Lipinski definition) is 4. The predicted molar refractivity (Wildman–Crippen MR) is 63.6 cm³/mol. The monoisotopic (exact) mass is 239 g/mol. The van der Waals surface area contributed by atoms with Crippen LogP contribution in [0.2, 0.25) is 0 Å². The van der Waals surface area contributed by atoms with Gasteiger partial charge in [0, 0.05) is 12.6 Å². The second-order valence-electron chi connectivity index (χ2n) is 4.66. The predicted octanol–water partition coefficient (Wildman–Crippen LogP) is 1.64. The molecule has 0 saturated carbocycles. The minimum Gasteiger partial charge on any atom is -0.386 e. The zero-order chi connectivity index (χ0) is 11.0. The molecule has 3 rings (SSSR count). The lowest BCUT2D eigenvalue weighted by Gasteiger charge is -2.37. The first-order chi connectivity index (χ1) is 7.84. The van der Waals surface area contributed by atoms with Gasteiger partial charge in [0.2, 0.25) is 0 Å². The van der Waals surface area contributed by atoms with Gasteiger partial charge in [-0.3, -0.25) is 4.90 Å². The molecule has 2 fully saturated rings. The van der Waals surface area contributed by atoms with Crippen LogP contribution in [0, 0.1) is 0 Å². The van der Waals surface area contributed by atoms with Crippen molar-refractivity contribution in [3.63, 3.8) is 0 Å². The third-order valence-corrected chi connectivity index (χ3v) is 4.35. The van der Waals surface area contributed by atoms with E-state index in [9.17, 15) is 5.11 Å². The molecule has 2 saturated heterocycles. The SMILES string of the molecule is OC(c1ccsc1)C1CN2CCCC2CO1. The van der Waals surface area contributed by atoms with Crippen LogP contribution in [0.1, 0.15) is 24.5 Å². The highest BCUT2D eigenvalue weighted by Crippen LogP contribution is 2.29. The molecular weight excluding hydrogens is 222 g/mol. The first-order valence-corrected chi connectivity index (χ1v) is 6.84. The van der Waals surface area contributed by atoms with Gasteiger partial charge in [-0.05, 0) is 41.8 Å². The van der Waals surface area contributed by atoms with E-state index in [1.54, 1.807) is 11.3 Å². The summed E-state index contributed by atoms with van der Waals surface area (Å²) in [5.74, 6) is 0. The normalized spacial score (nSPS) is 32.6. The molecule has 3 atom stereocenters. The molecule has 0 bridgehead atoms. The van der Waals surface area contributed by atoms with Gasteiger partial charge in [-0.15, -0.1) is 0 Å². The van der Waals surface area contributed by atoms with Crippen molar-refractivity contribution in [3.8, 4) is 0 Å². The molecular formula is C12H17NO2S. The van der Waals surface area contributed by atoms with E-state index in [-0.39, 0.29) is 6.10 Å². The molecule has 0 aromatic carbocycles. The first kappa shape index (κ1) is 10.7. The zero-order valence-corrected chi connectivity index (χ0v) is 10.0. The maximum Gasteiger partial charge on any atom is 0.107 e. The van der Waals surface area contributed by atoms with Crippen molar-refractivity contribution in [2.24, 2.45) is 0 Å². The molecule has 4 heteroatoms. The third kappa shape index (κ3) is 1.91. The number of morpholine rings is 1. The Kier molecular flexibility index (Phi) is 2.98. The summed E-state index contributed by atoms with van der Waals surface area (Å²) in [6.07, 6.45) is 2.01. The average molecular weight is 239 g/mol. The van der Waals surface area contributed by atoms with Crippen LogP contribution >= 0.6 is 11.3 Å². The minimum atomic E-state index is -0.465. The smallest absolute Gasteiger partial charge is 0.107 e. The van der Waals surface area contributed by atoms with E-state index in [2.05, 4.69) is 4.90 Å². The van der Waals surface area contributed by atoms with Crippen molar-refractivity contribution in [1.29, 1.82) is 0 Å². The van der Waals surface area contributed by atoms with Crippen LogP contribution in [0.5, 0.6) is 0 Å². The second-order valence-corrected chi connectivity index (χ2v) is 5.44. The molecule has 0 aliphatic carbocycles. The molecule has 0 spiro atoms.